The van der Waals surface area contributed by atoms with Gasteiger partial charge in [0.1, 0.15) is 29.6 Å². The van der Waals surface area contributed by atoms with Crippen LogP contribution in [-0.4, -0.2) is 22.0 Å². The van der Waals surface area contributed by atoms with Crippen LogP contribution in [0.4, 0.5) is 0 Å². The van der Waals surface area contributed by atoms with Gasteiger partial charge < -0.3 is 14.5 Å². The third-order valence-electron chi connectivity index (χ3n) is 5.00. The topological polar surface area (TPSA) is 54.7 Å². The minimum atomic E-state index is -0.0692. The van der Waals surface area contributed by atoms with E-state index in [-0.39, 0.29) is 11.9 Å². The van der Waals surface area contributed by atoms with Crippen molar-refractivity contribution in [1.29, 1.82) is 0 Å². The molecule has 2 fully saturated rings. The highest BCUT2D eigenvalue weighted by molar-refractivity contribution is 9.10. The maximum atomic E-state index is 12.8. The molecule has 0 atom stereocenters. The highest BCUT2D eigenvalue weighted by Gasteiger charge is 2.36. The molecule has 0 bridgehead atoms. The molecule has 7 heteroatoms. The van der Waals surface area contributed by atoms with Crippen LogP contribution in [0.25, 0.3) is 6.08 Å². The summed E-state index contributed by atoms with van der Waals surface area (Å²) < 4.78 is 12.5. The first kappa shape index (κ1) is 19.2. The van der Waals surface area contributed by atoms with Gasteiger partial charge in [0, 0.05) is 16.6 Å². The summed E-state index contributed by atoms with van der Waals surface area (Å²) in [5.41, 5.74) is 0.462. The lowest BCUT2D eigenvalue weighted by Crippen LogP contribution is -2.41. The molecule has 28 heavy (non-hydrogen) atoms. The molecule has 1 aromatic carbocycles. The zero-order valence-corrected chi connectivity index (χ0v) is 17.7. The summed E-state index contributed by atoms with van der Waals surface area (Å²) in [6.07, 6.45) is 7.27. The highest BCUT2D eigenvalue weighted by atomic mass is 79.9. The zero-order chi connectivity index (χ0) is 19.5. The molecular formula is C21H21BrN2O3S. The van der Waals surface area contributed by atoms with E-state index in [2.05, 4.69) is 21.2 Å². The number of hydrogen-bond acceptors (Lipinski definition) is 4. The summed E-state index contributed by atoms with van der Waals surface area (Å²) in [6.45, 7) is 0.313. The van der Waals surface area contributed by atoms with Crippen LogP contribution in [0.2, 0.25) is 0 Å². The van der Waals surface area contributed by atoms with E-state index in [1.54, 1.807) is 11.0 Å². The van der Waals surface area contributed by atoms with Crippen LogP contribution in [0.5, 0.6) is 5.75 Å². The average molecular weight is 461 g/mol. The molecule has 0 radical (unpaired) electrons. The fourth-order valence-electron chi connectivity index (χ4n) is 3.62. The van der Waals surface area contributed by atoms with Crippen molar-refractivity contribution < 1.29 is 13.9 Å². The number of ether oxygens (including phenoxy) is 1. The first-order chi connectivity index (χ1) is 13.6. The second kappa shape index (κ2) is 8.49. The number of carbonyl (C=O) groups is 1. The monoisotopic (exact) mass is 460 g/mol. The van der Waals surface area contributed by atoms with Crippen LogP contribution in [0.15, 0.2) is 51.0 Å². The summed E-state index contributed by atoms with van der Waals surface area (Å²) in [5, 5.41) is 3.54. The normalized spacial score (nSPS) is 19.3. The van der Waals surface area contributed by atoms with Gasteiger partial charge in [0.2, 0.25) is 0 Å². The summed E-state index contributed by atoms with van der Waals surface area (Å²) in [5.74, 6) is 1.97. The van der Waals surface area contributed by atoms with Gasteiger partial charge in [-0.15, -0.1) is 0 Å². The molecule has 5 nitrogen and oxygen atoms in total. The molecule has 2 aliphatic rings. The SMILES string of the molecule is O=C1/C(=C\c2ccc(COc3cccc(Br)c3)o2)NC(=S)N1C1CCCCC1. The Morgan fingerprint density at radius 1 is 1.25 bits per heavy atom. The van der Waals surface area contributed by atoms with Gasteiger partial charge in [-0.05, 0) is 55.4 Å². The molecule has 2 heterocycles. The quantitative estimate of drug-likeness (QED) is 0.501. The van der Waals surface area contributed by atoms with Crippen molar-refractivity contribution in [2.24, 2.45) is 0 Å². The first-order valence-electron chi connectivity index (χ1n) is 9.43. The molecule has 1 saturated carbocycles. The number of halogens is 1. The third-order valence-corrected chi connectivity index (χ3v) is 5.79. The standard InChI is InChI=1S/C21H21BrN2O3S/c22-14-5-4-8-16(11-14)26-13-18-10-9-17(27-18)12-19-20(25)24(21(28)23-19)15-6-2-1-3-7-15/h4-5,8-12,15H,1-3,6-7,13H2,(H,23,28)/b19-12+. The van der Waals surface area contributed by atoms with Crippen molar-refractivity contribution in [1.82, 2.24) is 10.2 Å². The molecule has 1 amide bonds. The molecule has 146 valence electrons. The zero-order valence-electron chi connectivity index (χ0n) is 15.3. The molecule has 1 aliphatic heterocycles. The largest absolute Gasteiger partial charge is 0.486 e. The predicted molar refractivity (Wildman–Crippen MR) is 115 cm³/mol. The molecular weight excluding hydrogens is 440 g/mol. The van der Waals surface area contributed by atoms with E-state index in [1.165, 1.54) is 6.42 Å². The van der Waals surface area contributed by atoms with Gasteiger partial charge in [0.15, 0.2) is 5.11 Å². The Morgan fingerprint density at radius 2 is 2.07 bits per heavy atom. The van der Waals surface area contributed by atoms with Crippen molar-refractivity contribution >= 4 is 45.2 Å². The Hall–Kier alpha value is -2.12. The fraction of sp³-hybridized carbons (Fsp3) is 0.333. The number of rotatable bonds is 5. The summed E-state index contributed by atoms with van der Waals surface area (Å²) >= 11 is 8.82. The van der Waals surface area contributed by atoms with Gasteiger partial charge in [0.25, 0.3) is 5.91 Å². The number of furan rings is 1. The Morgan fingerprint density at radius 3 is 2.86 bits per heavy atom. The lowest BCUT2D eigenvalue weighted by Gasteiger charge is -2.29. The molecule has 1 N–H and O–H groups in total. The third kappa shape index (κ3) is 4.31. The Balaban J connectivity index is 1.41. The number of benzene rings is 1. The van der Waals surface area contributed by atoms with E-state index in [0.29, 0.717) is 28.9 Å². The van der Waals surface area contributed by atoms with E-state index in [0.717, 1.165) is 35.9 Å². The van der Waals surface area contributed by atoms with E-state index in [1.807, 2.05) is 36.4 Å². The number of hydrogen-bond donors (Lipinski definition) is 1. The van der Waals surface area contributed by atoms with Crippen molar-refractivity contribution in [2.75, 3.05) is 0 Å². The molecule has 1 aliphatic carbocycles. The predicted octanol–water partition coefficient (Wildman–Crippen LogP) is 5.01. The number of amides is 1. The van der Waals surface area contributed by atoms with Crippen LogP contribution < -0.4 is 10.1 Å². The number of nitrogens with zero attached hydrogens (tertiary/aromatic N) is 1. The average Bonchev–Trinajstić information content (AvgIpc) is 3.25. The molecule has 2 aromatic rings. The Labute approximate surface area is 177 Å². The first-order valence-corrected chi connectivity index (χ1v) is 10.6. The van der Waals surface area contributed by atoms with Crippen LogP contribution in [-0.2, 0) is 11.4 Å². The summed E-state index contributed by atoms with van der Waals surface area (Å²) in [7, 11) is 0. The van der Waals surface area contributed by atoms with Crippen molar-refractivity contribution in [2.45, 2.75) is 44.8 Å². The summed E-state index contributed by atoms with van der Waals surface area (Å²) in [4.78, 5) is 14.5. The number of thiocarbonyl (C=S) groups is 1. The number of nitrogens with one attached hydrogen (secondary N) is 1. The van der Waals surface area contributed by atoms with Crippen LogP contribution in [0.1, 0.15) is 43.6 Å². The fourth-order valence-corrected chi connectivity index (χ4v) is 4.34. The molecule has 0 unspecified atom stereocenters. The smallest absolute Gasteiger partial charge is 0.276 e. The van der Waals surface area contributed by atoms with Crippen LogP contribution >= 0.6 is 28.1 Å². The van der Waals surface area contributed by atoms with Crippen LogP contribution in [0.3, 0.4) is 0 Å². The van der Waals surface area contributed by atoms with Gasteiger partial charge in [-0.1, -0.05) is 41.3 Å². The lowest BCUT2D eigenvalue weighted by atomic mass is 9.94. The van der Waals surface area contributed by atoms with Crippen molar-refractivity contribution in [3.8, 4) is 5.75 Å². The number of carbonyl (C=O) groups excluding carboxylic acids is 1. The van der Waals surface area contributed by atoms with Crippen LogP contribution in [0, 0.1) is 0 Å². The molecule has 0 spiro atoms. The Bertz CT molecular complexity index is 918. The van der Waals surface area contributed by atoms with Gasteiger partial charge in [0.05, 0.1) is 0 Å². The van der Waals surface area contributed by atoms with Crippen molar-refractivity contribution in [3.63, 3.8) is 0 Å². The van der Waals surface area contributed by atoms with Gasteiger partial charge >= 0.3 is 0 Å². The second-order valence-corrected chi connectivity index (χ2v) is 8.31. The van der Waals surface area contributed by atoms with E-state index >= 15 is 0 Å². The highest BCUT2D eigenvalue weighted by Crippen LogP contribution is 2.27. The van der Waals surface area contributed by atoms with Gasteiger partial charge in [-0.3, -0.25) is 9.69 Å². The molecule has 4 rings (SSSR count). The minimum Gasteiger partial charge on any atom is -0.486 e. The van der Waals surface area contributed by atoms with E-state index < -0.39 is 0 Å². The lowest BCUT2D eigenvalue weighted by molar-refractivity contribution is -0.124. The Kier molecular flexibility index (Phi) is 5.82. The summed E-state index contributed by atoms with van der Waals surface area (Å²) in [6, 6.07) is 11.5. The van der Waals surface area contributed by atoms with E-state index in [9.17, 15) is 4.79 Å². The van der Waals surface area contributed by atoms with Crippen molar-refractivity contribution in [3.05, 3.63) is 58.1 Å². The minimum absolute atomic E-state index is 0.0692. The van der Waals surface area contributed by atoms with Gasteiger partial charge in [-0.2, -0.15) is 0 Å². The second-order valence-electron chi connectivity index (χ2n) is 7.01. The maximum absolute atomic E-state index is 12.8. The van der Waals surface area contributed by atoms with Gasteiger partial charge in [-0.25, -0.2) is 0 Å². The maximum Gasteiger partial charge on any atom is 0.276 e. The van der Waals surface area contributed by atoms with E-state index in [4.69, 9.17) is 21.4 Å². The molecule has 1 aromatic heterocycles. The molecule has 1 saturated heterocycles.